The van der Waals surface area contributed by atoms with Gasteiger partial charge in [0.15, 0.2) is 6.61 Å². The first-order valence-electron chi connectivity index (χ1n) is 6.27. The van der Waals surface area contributed by atoms with E-state index in [4.69, 9.17) is 9.84 Å². The molecule has 0 aliphatic heterocycles. The van der Waals surface area contributed by atoms with Crippen LogP contribution in [-0.4, -0.2) is 35.6 Å². The van der Waals surface area contributed by atoms with Crippen molar-refractivity contribution in [2.24, 2.45) is 0 Å². The number of nitrogens with one attached hydrogen (secondary N) is 1. The second kappa shape index (κ2) is 8.47. The molecular formula is C14H19NO4S. The molecule has 0 aliphatic carbocycles. The number of thioether (sulfide) groups is 1. The lowest BCUT2D eigenvalue weighted by molar-refractivity contribution is -0.139. The summed E-state index contributed by atoms with van der Waals surface area (Å²) in [4.78, 5) is 22.1. The van der Waals surface area contributed by atoms with Crippen LogP contribution in [-0.2, 0) is 9.59 Å². The van der Waals surface area contributed by atoms with Crippen molar-refractivity contribution in [3.63, 3.8) is 0 Å². The van der Waals surface area contributed by atoms with E-state index in [2.05, 4.69) is 5.32 Å². The highest BCUT2D eigenvalue weighted by Gasteiger charge is 2.06. The fourth-order valence-corrected chi connectivity index (χ4v) is 2.03. The predicted molar refractivity (Wildman–Crippen MR) is 80.6 cm³/mol. The number of amides is 1. The van der Waals surface area contributed by atoms with E-state index < -0.39 is 5.97 Å². The Kier molecular flexibility index (Phi) is 6.93. The quantitative estimate of drug-likeness (QED) is 0.721. The van der Waals surface area contributed by atoms with E-state index >= 15 is 0 Å². The van der Waals surface area contributed by atoms with Gasteiger partial charge in [-0.3, -0.25) is 4.79 Å². The average Bonchev–Trinajstić information content (AvgIpc) is 2.39. The molecule has 0 heterocycles. The van der Waals surface area contributed by atoms with Gasteiger partial charge in [-0.15, -0.1) is 0 Å². The van der Waals surface area contributed by atoms with Gasteiger partial charge in [-0.1, -0.05) is 0 Å². The topological polar surface area (TPSA) is 75.6 Å². The van der Waals surface area contributed by atoms with E-state index in [1.165, 1.54) is 0 Å². The first-order valence-corrected chi connectivity index (χ1v) is 7.66. The normalized spacial score (nSPS) is 10.1. The van der Waals surface area contributed by atoms with Crippen LogP contribution in [0.5, 0.6) is 5.75 Å². The summed E-state index contributed by atoms with van der Waals surface area (Å²) in [5.41, 5.74) is 1.56. The summed E-state index contributed by atoms with van der Waals surface area (Å²) in [5, 5.41) is 11.4. The molecule has 1 rings (SSSR count). The maximum Gasteiger partial charge on any atom is 0.341 e. The van der Waals surface area contributed by atoms with Gasteiger partial charge in [0.05, 0.1) is 0 Å². The predicted octanol–water partition coefficient (Wildman–Crippen LogP) is 2.54. The van der Waals surface area contributed by atoms with Gasteiger partial charge in [0.25, 0.3) is 0 Å². The number of benzene rings is 1. The number of aliphatic carboxylic acids is 1. The molecule has 0 saturated carbocycles. The Morgan fingerprint density at radius 2 is 2.15 bits per heavy atom. The highest BCUT2D eigenvalue weighted by Crippen LogP contribution is 2.21. The molecule has 1 aromatic rings. The zero-order chi connectivity index (χ0) is 15.0. The molecule has 6 heteroatoms. The van der Waals surface area contributed by atoms with Gasteiger partial charge in [0.1, 0.15) is 5.75 Å². The summed E-state index contributed by atoms with van der Waals surface area (Å²) in [5.74, 6) is 0.412. The second-order valence-electron chi connectivity index (χ2n) is 4.30. The molecular weight excluding hydrogens is 278 g/mol. The van der Waals surface area contributed by atoms with E-state index in [0.717, 1.165) is 23.4 Å². The summed E-state index contributed by atoms with van der Waals surface area (Å²) >= 11 is 1.72. The number of rotatable bonds is 8. The Labute approximate surface area is 122 Å². The SMILES string of the molecule is CSCCCC(=O)Nc1ccc(OCC(=O)O)cc1C. The van der Waals surface area contributed by atoms with Crippen molar-refractivity contribution >= 4 is 29.3 Å². The number of ether oxygens (including phenoxy) is 1. The lowest BCUT2D eigenvalue weighted by Crippen LogP contribution is -2.13. The minimum absolute atomic E-state index is 0.0126. The molecule has 0 bridgehead atoms. The molecule has 1 aromatic carbocycles. The van der Waals surface area contributed by atoms with Crippen molar-refractivity contribution < 1.29 is 19.4 Å². The Hall–Kier alpha value is -1.69. The number of carboxylic acid groups (broad SMARTS) is 1. The molecule has 0 aliphatic rings. The summed E-state index contributed by atoms with van der Waals surface area (Å²) in [6, 6.07) is 5.08. The maximum atomic E-state index is 11.7. The van der Waals surface area contributed by atoms with Gasteiger partial charge >= 0.3 is 5.97 Å². The van der Waals surface area contributed by atoms with Crippen molar-refractivity contribution in [1.82, 2.24) is 0 Å². The number of hydrogen-bond donors (Lipinski definition) is 2. The van der Waals surface area contributed by atoms with E-state index in [1.54, 1.807) is 30.0 Å². The molecule has 5 nitrogen and oxygen atoms in total. The average molecular weight is 297 g/mol. The zero-order valence-electron chi connectivity index (χ0n) is 11.6. The number of carbonyl (C=O) groups excluding carboxylic acids is 1. The maximum absolute atomic E-state index is 11.7. The number of anilines is 1. The molecule has 2 N–H and O–H groups in total. The molecule has 0 aromatic heterocycles. The molecule has 110 valence electrons. The van der Waals surface area contributed by atoms with Crippen LogP contribution < -0.4 is 10.1 Å². The minimum atomic E-state index is -1.02. The summed E-state index contributed by atoms with van der Waals surface area (Å²) in [6.45, 7) is 1.46. The van der Waals surface area contributed by atoms with Crippen LogP contribution in [0.15, 0.2) is 18.2 Å². The third kappa shape index (κ3) is 5.97. The monoisotopic (exact) mass is 297 g/mol. The lowest BCUT2D eigenvalue weighted by Gasteiger charge is -2.10. The van der Waals surface area contributed by atoms with Crippen molar-refractivity contribution in [1.29, 1.82) is 0 Å². The number of aryl methyl sites for hydroxylation is 1. The smallest absolute Gasteiger partial charge is 0.341 e. The Bertz CT molecular complexity index is 476. The zero-order valence-corrected chi connectivity index (χ0v) is 12.5. The van der Waals surface area contributed by atoms with Crippen molar-refractivity contribution in [2.45, 2.75) is 19.8 Å². The van der Waals surface area contributed by atoms with Crippen molar-refractivity contribution in [3.05, 3.63) is 23.8 Å². The molecule has 0 atom stereocenters. The molecule has 0 saturated heterocycles. The number of carboxylic acids is 1. The van der Waals surface area contributed by atoms with Crippen LogP contribution in [0, 0.1) is 6.92 Å². The highest BCUT2D eigenvalue weighted by atomic mass is 32.2. The fourth-order valence-electron chi connectivity index (χ4n) is 1.60. The number of carbonyl (C=O) groups is 2. The van der Waals surface area contributed by atoms with Crippen molar-refractivity contribution in [3.8, 4) is 5.75 Å². The van der Waals surface area contributed by atoms with Crippen LogP contribution in [0.4, 0.5) is 5.69 Å². The van der Waals surface area contributed by atoms with E-state index in [1.807, 2.05) is 13.2 Å². The molecule has 0 fully saturated rings. The van der Waals surface area contributed by atoms with Gasteiger partial charge in [0, 0.05) is 12.1 Å². The Morgan fingerprint density at radius 1 is 1.40 bits per heavy atom. The third-order valence-electron chi connectivity index (χ3n) is 2.59. The Morgan fingerprint density at radius 3 is 2.75 bits per heavy atom. The standard InChI is InChI=1S/C14H19NO4S/c1-10-8-11(19-9-14(17)18)5-6-12(10)15-13(16)4-3-7-20-2/h5-6,8H,3-4,7,9H2,1-2H3,(H,15,16)(H,17,18). The van der Waals surface area contributed by atoms with Crippen LogP contribution in [0.1, 0.15) is 18.4 Å². The molecule has 0 spiro atoms. The van der Waals surface area contributed by atoms with E-state index in [9.17, 15) is 9.59 Å². The van der Waals surface area contributed by atoms with Crippen LogP contribution in [0.3, 0.4) is 0 Å². The van der Waals surface area contributed by atoms with Crippen LogP contribution in [0.25, 0.3) is 0 Å². The first kappa shape index (κ1) is 16.4. The third-order valence-corrected chi connectivity index (χ3v) is 3.28. The Balaban J connectivity index is 2.54. The van der Waals surface area contributed by atoms with Crippen LogP contribution in [0.2, 0.25) is 0 Å². The highest BCUT2D eigenvalue weighted by molar-refractivity contribution is 7.98. The van der Waals surface area contributed by atoms with Gasteiger partial charge in [-0.2, -0.15) is 11.8 Å². The first-order chi connectivity index (χ1) is 9.52. The van der Waals surface area contributed by atoms with E-state index in [-0.39, 0.29) is 12.5 Å². The second-order valence-corrected chi connectivity index (χ2v) is 5.29. The van der Waals surface area contributed by atoms with Gasteiger partial charge < -0.3 is 15.2 Å². The van der Waals surface area contributed by atoms with E-state index in [0.29, 0.717) is 12.2 Å². The van der Waals surface area contributed by atoms with Crippen LogP contribution >= 0.6 is 11.8 Å². The molecule has 0 unspecified atom stereocenters. The lowest BCUT2D eigenvalue weighted by atomic mass is 10.2. The van der Waals surface area contributed by atoms with Gasteiger partial charge in [-0.25, -0.2) is 4.79 Å². The van der Waals surface area contributed by atoms with Gasteiger partial charge in [-0.05, 0) is 49.1 Å². The largest absolute Gasteiger partial charge is 0.482 e. The van der Waals surface area contributed by atoms with Crippen molar-refractivity contribution in [2.75, 3.05) is 23.9 Å². The fraction of sp³-hybridized carbons (Fsp3) is 0.429. The molecule has 1 amide bonds. The summed E-state index contributed by atoms with van der Waals surface area (Å²) < 4.78 is 5.07. The summed E-state index contributed by atoms with van der Waals surface area (Å²) in [6.07, 6.45) is 3.36. The minimum Gasteiger partial charge on any atom is -0.482 e. The summed E-state index contributed by atoms with van der Waals surface area (Å²) in [7, 11) is 0. The number of hydrogen-bond acceptors (Lipinski definition) is 4. The van der Waals surface area contributed by atoms with Gasteiger partial charge in [0.2, 0.25) is 5.91 Å². The molecule has 20 heavy (non-hydrogen) atoms. The molecule has 0 radical (unpaired) electrons.